The van der Waals surface area contributed by atoms with Crippen LogP contribution in [0.5, 0.6) is 0 Å². The molecule has 242 valence electrons. The molecule has 0 bridgehead atoms. The first kappa shape index (κ1) is 34.7. The fourth-order valence-corrected chi connectivity index (χ4v) is 6.84. The topological polar surface area (TPSA) is 86.8 Å². The first-order chi connectivity index (χ1) is 21.9. The summed E-state index contributed by atoms with van der Waals surface area (Å²) in [7, 11) is -4.22. The van der Waals surface area contributed by atoms with Gasteiger partial charge in [0.15, 0.2) is 0 Å². The summed E-state index contributed by atoms with van der Waals surface area (Å²) in [5.74, 6) is -0.620. The van der Waals surface area contributed by atoms with Gasteiger partial charge in [0.2, 0.25) is 11.8 Å². The second-order valence-corrected chi connectivity index (χ2v) is 14.3. The fraction of sp³-hybridized carbons (Fsp3) is 0.297. The van der Waals surface area contributed by atoms with Crippen LogP contribution in [0.15, 0.2) is 102 Å². The van der Waals surface area contributed by atoms with Crippen LogP contribution < -0.4 is 9.62 Å². The van der Waals surface area contributed by atoms with Gasteiger partial charge in [-0.2, -0.15) is 0 Å². The molecule has 4 aromatic rings. The number of nitrogens with one attached hydrogen (secondary N) is 1. The zero-order valence-corrected chi connectivity index (χ0v) is 28.6. The number of nitrogens with zero attached hydrogens (tertiary/aromatic N) is 2. The summed E-state index contributed by atoms with van der Waals surface area (Å²) >= 11 is 6.47. The maximum Gasteiger partial charge on any atom is 0.264 e. The predicted octanol–water partition coefficient (Wildman–Crippen LogP) is 6.87. The lowest BCUT2D eigenvalue weighted by Gasteiger charge is -2.34. The van der Waals surface area contributed by atoms with Crippen LogP contribution >= 0.6 is 11.6 Å². The van der Waals surface area contributed by atoms with Gasteiger partial charge in [-0.3, -0.25) is 13.9 Å². The lowest BCUT2D eigenvalue weighted by molar-refractivity contribution is -0.140. The van der Waals surface area contributed by atoms with Gasteiger partial charge in [0.1, 0.15) is 12.6 Å². The average molecular weight is 660 g/mol. The number of halogens is 1. The maximum absolute atomic E-state index is 14.6. The van der Waals surface area contributed by atoms with E-state index in [0.717, 1.165) is 26.6 Å². The lowest BCUT2D eigenvalue weighted by atomic mass is 10.0. The van der Waals surface area contributed by atoms with Crippen molar-refractivity contribution in [3.05, 3.63) is 130 Å². The molecular weight excluding hydrogens is 618 g/mol. The van der Waals surface area contributed by atoms with Gasteiger partial charge in [-0.15, -0.1) is 0 Å². The van der Waals surface area contributed by atoms with Gasteiger partial charge in [0.25, 0.3) is 10.0 Å². The van der Waals surface area contributed by atoms with Crippen LogP contribution in [0.4, 0.5) is 5.69 Å². The average Bonchev–Trinajstić information content (AvgIpc) is 3.02. The predicted molar refractivity (Wildman–Crippen MR) is 185 cm³/mol. The summed E-state index contributed by atoms with van der Waals surface area (Å²) in [6.45, 7) is 9.58. The number of aryl methyl sites for hydroxylation is 2. The lowest BCUT2D eigenvalue weighted by Crippen LogP contribution is -2.53. The second kappa shape index (κ2) is 15.4. The molecule has 0 saturated carbocycles. The Morgan fingerprint density at radius 1 is 0.804 bits per heavy atom. The van der Waals surface area contributed by atoms with Crippen LogP contribution in [0.3, 0.4) is 0 Å². The molecule has 2 amide bonds. The van der Waals surface area contributed by atoms with Crippen molar-refractivity contribution in [2.45, 2.75) is 58.5 Å². The maximum atomic E-state index is 14.6. The minimum atomic E-state index is -4.22. The van der Waals surface area contributed by atoms with Crippen LogP contribution in [0.1, 0.15) is 41.7 Å². The molecule has 0 spiro atoms. The second-order valence-electron chi connectivity index (χ2n) is 12.1. The van der Waals surface area contributed by atoms with Crippen LogP contribution in [0.2, 0.25) is 5.02 Å². The molecule has 0 saturated heterocycles. The van der Waals surface area contributed by atoms with Crippen molar-refractivity contribution in [3.8, 4) is 0 Å². The monoisotopic (exact) mass is 659 g/mol. The minimum absolute atomic E-state index is 0.0472. The van der Waals surface area contributed by atoms with Gasteiger partial charge in [-0.05, 0) is 67.6 Å². The number of carbonyl (C=O) groups is 2. The van der Waals surface area contributed by atoms with Gasteiger partial charge < -0.3 is 10.2 Å². The first-order valence-corrected chi connectivity index (χ1v) is 17.2. The smallest absolute Gasteiger partial charge is 0.264 e. The van der Waals surface area contributed by atoms with Gasteiger partial charge in [0.05, 0.1) is 10.6 Å². The number of amides is 2. The molecule has 0 fully saturated rings. The van der Waals surface area contributed by atoms with E-state index in [0.29, 0.717) is 22.8 Å². The van der Waals surface area contributed by atoms with Crippen molar-refractivity contribution >= 4 is 39.1 Å². The quantitative estimate of drug-likeness (QED) is 0.170. The Bertz CT molecular complexity index is 1760. The van der Waals surface area contributed by atoms with E-state index in [2.05, 4.69) is 5.32 Å². The molecular formula is C37H42ClN3O4S. The van der Waals surface area contributed by atoms with E-state index in [4.69, 9.17) is 11.6 Å². The van der Waals surface area contributed by atoms with Gasteiger partial charge >= 0.3 is 0 Å². The van der Waals surface area contributed by atoms with Gasteiger partial charge in [-0.25, -0.2) is 8.42 Å². The van der Waals surface area contributed by atoms with Crippen molar-refractivity contribution in [1.82, 2.24) is 10.2 Å². The largest absolute Gasteiger partial charge is 0.354 e. The highest BCUT2D eigenvalue weighted by Gasteiger charge is 2.35. The van der Waals surface area contributed by atoms with E-state index in [1.165, 1.54) is 17.0 Å². The SMILES string of the molecule is Cc1ccc(S(=O)(=O)N(CC(=O)N(Cc2cccc(C)c2)C(Cc2ccccc2)C(=O)NCC(C)C)c2cccc(Cl)c2C)cc1. The van der Waals surface area contributed by atoms with Crippen molar-refractivity contribution in [2.24, 2.45) is 5.92 Å². The molecule has 0 aromatic heterocycles. The Morgan fingerprint density at radius 2 is 1.46 bits per heavy atom. The standard InChI is InChI=1S/C37H42ClN3O4S/c1-26(2)23-39-37(43)35(22-30-12-7-6-8-13-30)40(24-31-14-9-11-28(4)21-31)36(42)25-41(34-16-10-15-33(38)29(34)5)46(44,45)32-19-17-27(3)18-20-32/h6-21,26,35H,22-25H2,1-5H3,(H,39,43). The van der Waals surface area contributed by atoms with Crippen molar-refractivity contribution in [3.63, 3.8) is 0 Å². The summed E-state index contributed by atoms with van der Waals surface area (Å²) in [5, 5.41) is 3.39. The molecule has 46 heavy (non-hydrogen) atoms. The van der Waals surface area contributed by atoms with Crippen molar-refractivity contribution in [1.29, 1.82) is 0 Å². The third-order valence-corrected chi connectivity index (χ3v) is 9.97. The summed E-state index contributed by atoms with van der Waals surface area (Å²) in [6.07, 6.45) is 0.253. The number of hydrogen-bond acceptors (Lipinski definition) is 4. The Labute approximate surface area is 278 Å². The number of rotatable bonds is 13. The van der Waals surface area contributed by atoms with Gasteiger partial charge in [-0.1, -0.05) is 109 Å². The first-order valence-electron chi connectivity index (χ1n) is 15.4. The molecule has 0 aliphatic rings. The number of carbonyl (C=O) groups excluding carboxylic acids is 2. The molecule has 4 aromatic carbocycles. The van der Waals surface area contributed by atoms with Crippen molar-refractivity contribution in [2.75, 3.05) is 17.4 Å². The normalized spacial score (nSPS) is 12.1. The summed E-state index contributed by atoms with van der Waals surface area (Å²) < 4.78 is 29.7. The Morgan fingerprint density at radius 3 is 2.11 bits per heavy atom. The summed E-state index contributed by atoms with van der Waals surface area (Å²) in [5.41, 5.74) is 4.43. The van der Waals surface area contributed by atoms with Crippen LogP contribution in [0, 0.1) is 26.7 Å². The number of hydrogen-bond donors (Lipinski definition) is 1. The molecule has 1 unspecified atom stereocenters. The van der Waals surface area contributed by atoms with Crippen molar-refractivity contribution < 1.29 is 18.0 Å². The number of anilines is 1. The molecule has 0 heterocycles. The molecule has 1 N–H and O–H groups in total. The molecule has 4 rings (SSSR count). The zero-order valence-electron chi connectivity index (χ0n) is 27.0. The molecule has 9 heteroatoms. The third kappa shape index (κ3) is 8.77. The van der Waals surface area contributed by atoms with E-state index in [9.17, 15) is 18.0 Å². The van der Waals surface area contributed by atoms with E-state index in [1.54, 1.807) is 37.3 Å². The van der Waals surface area contributed by atoms with E-state index >= 15 is 0 Å². The Hall–Kier alpha value is -4.14. The highest BCUT2D eigenvalue weighted by atomic mass is 35.5. The fourth-order valence-electron chi connectivity index (χ4n) is 5.20. The molecule has 1 atom stereocenters. The Kier molecular flexibility index (Phi) is 11.7. The van der Waals surface area contributed by atoms with Gasteiger partial charge in [0, 0.05) is 24.5 Å². The molecule has 0 aliphatic carbocycles. The van der Waals surface area contributed by atoms with E-state index < -0.39 is 28.5 Å². The van der Waals surface area contributed by atoms with Crippen LogP contribution in [-0.2, 0) is 32.6 Å². The molecule has 7 nitrogen and oxygen atoms in total. The van der Waals surface area contributed by atoms with Crippen LogP contribution in [-0.4, -0.2) is 44.3 Å². The highest BCUT2D eigenvalue weighted by molar-refractivity contribution is 7.92. The number of benzene rings is 4. The Balaban J connectivity index is 1.83. The van der Waals surface area contributed by atoms with E-state index in [1.807, 2.05) is 82.3 Å². The zero-order chi connectivity index (χ0) is 33.4. The third-order valence-electron chi connectivity index (χ3n) is 7.79. The summed E-state index contributed by atoms with van der Waals surface area (Å²) in [4.78, 5) is 30.1. The minimum Gasteiger partial charge on any atom is -0.354 e. The molecule has 0 aliphatic heterocycles. The molecule has 0 radical (unpaired) electrons. The summed E-state index contributed by atoms with van der Waals surface area (Å²) in [6, 6.07) is 27.8. The number of sulfonamides is 1. The highest BCUT2D eigenvalue weighted by Crippen LogP contribution is 2.31. The van der Waals surface area contributed by atoms with E-state index in [-0.39, 0.29) is 29.7 Å². The van der Waals surface area contributed by atoms with Crippen LogP contribution in [0.25, 0.3) is 0 Å².